The molecule has 43 heavy (non-hydrogen) atoms. The second kappa shape index (κ2) is 13.5. The molecule has 0 aliphatic carbocycles. The van der Waals surface area contributed by atoms with Crippen LogP contribution in [-0.4, -0.2) is 70.6 Å². The summed E-state index contributed by atoms with van der Waals surface area (Å²) in [5.41, 5.74) is 4.50. The summed E-state index contributed by atoms with van der Waals surface area (Å²) in [5, 5.41) is 9.61. The quantitative estimate of drug-likeness (QED) is 0.378. The molecule has 0 fully saturated rings. The number of carboxylic acids is 1. The number of para-hydroxylation sites is 1. The summed E-state index contributed by atoms with van der Waals surface area (Å²) >= 11 is 0. The lowest BCUT2D eigenvalue weighted by atomic mass is 9.92. The molecule has 5 rings (SSSR count). The van der Waals surface area contributed by atoms with E-state index in [9.17, 15) is 24.3 Å². The zero-order chi connectivity index (χ0) is 30.3. The number of aliphatic carboxylic acids is 1. The molecular weight excluding hydrogens is 546 g/mol. The van der Waals surface area contributed by atoms with Crippen LogP contribution in [0.25, 0.3) is 0 Å². The van der Waals surface area contributed by atoms with Gasteiger partial charge in [-0.2, -0.15) is 0 Å². The first-order valence-corrected chi connectivity index (χ1v) is 14.8. The number of rotatable bonds is 10. The fraction of sp³-hybridized carbons (Fsp3) is 0.353. The van der Waals surface area contributed by atoms with Crippen molar-refractivity contribution in [2.24, 2.45) is 0 Å². The summed E-state index contributed by atoms with van der Waals surface area (Å²) in [7, 11) is 0. The zero-order valence-corrected chi connectivity index (χ0v) is 24.4. The van der Waals surface area contributed by atoms with E-state index < -0.39 is 24.1 Å². The Morgan fingerprint density at radius 1 is 0.884 bits per heavy atom. The van der Waals surface area contributed by atoms with Gasteiger partial charge in [0.15, 0.2) is 0 Å². The average molecular weight is 584 g/mol. The molecule has 2 aliphatic rings. The molecule has 2 heterocycles. The predicted octanol–water partition coefficient (Wildman–Crippen LogP) is 4.46. The molecule has 1 N–H and O–H groups in total. The highest BCUT2D eigenvalue weighted by atomic mass is 16.6. The van der Waals surface area contributed by atoms with Gasteiger partial charge in [0.2, 0.25) is 11.8 Å². The lowest BCUT2D eigenvalue weighted by molar-refractivity contribution is -0.145. The third-order valence-corrected chi connectivity index (χ3v) is 8.12. The lowest BCUT2D eigenvalue weighted by Crippen LogP contribution is -2.54. The highest BCUT2D eigenvalue weighted by Crippen LogP contribution is 2.34. The Bertz CT molecular complexity index is 1480. The number of nitrogens with zero attached hydrogens (tertiary/aromatic N) is 3. The fourth-order valence-electron chi connectivity index (χ4n) is 5.97. The van der Waals surface area contributed by atoms with Crippen LogP contribution < -0.4 is 4.90 Å². The van der Waals surface area contributed by atoms with E-state index in [1.165, 1.54) is 9.80 Å². The van der Waals surface area contributed by atoms with Crippen molar-refractivity contribution in [3.63, 3.8) is 0 Å². The molecule has 0 aromatic heterocycles. The number of fused-ring (bicyclic) bond motifs is 2. The van der Waals surface area contributed by atoms with Gasteiger partial charge in [0.1, 0.15) is 6.04 Å². The maximum absolute atomic E-state index is 14.3. The van der Waals surface area contributed by atoms with Crippen molar-refractivity contribution in [1.82, 2.24) is 9.80 Å². The van der Waals surface area contributed by atoms with Gasteiger partial charge in [-0.15, -0.1) is 0 Å². The van der Waals surface area contributed by atoms with Crippen molar-refractivity contribution in [3.05, 3.63) is 101 Å². The van der Waals surface area contributed by atoms with Crippen LogP contribution in [0.4, 0.5) is 10.5 Å². The Morgan fingerprint density at radius 2 is 1.56 bits per heavy atom. The molecular formula is C34H37N3O6. The second-order valence-corrected chi connectivity index (χ2v) is 11.1. The van der Waals surface area contributed by atoms with Crippen LogP contribution in [0.2, 0.25) is 0 Å². The van der Waals surface area contributed by atoms with Gasteiger partial charge in [-0.25, -0.2) is 4.79 Å². The summed E-state index contributed by atoms with van der Waals surface area (Å²) < 4.78 is 5.47. The summed E-state index contributed by atoms with van der Waals surface area (Å²) in [6.45, 7) is 2.44. The van der Waals surface area contributed by atoms with E-state index in [1.54, 1.807) is 11.0 Å². The SMILES string of the molecule is CCCOC(=O)N1c2ccccc2C[C@@H]1C(=O)N(CCc1ccccc1)CC(=O)N1Cc2ccccc2C[C@@H]1CC(=O)O. The fourth-order valence-corrected chi connectivity index (χ4v) is 5.97. The third-order valence-electron chi connectivity index (χ3n) is 8.12. The van der Waals surface area contributed by atoms with Crippen LogP contribution in [0.5, 0.6) is 0 Å². The second-order valence-electron chi connectivity index (χ2n) is 11.1. The summed E-state index contributed by atoms with van der Waals surface area (Å²) in [6, 6.07) is 23.4. The van der Waals surface area contributed by atoms with Gasteiger partial charge < -0.3 is 19.6 Å². The number of ether oxygens (including phenoxy) is 1. The molecule has 3 aromatic rings. The molecule has 0 radical (unpaired) electrons. The van der Waals surface area contributed by atoms with Crippen LogP contribution in [0.3, 0.4) is 0 Å². The Balaban J connectivity index is 1.42. The topological polar surface area (TPSA) is 107 Å². The van der Waals surface area contributed by atoms with Crippen molar-refractivity contribution in [2.45, 2.75) is 57.7 Å². The first-order chi connectivity index (χ1) is 20.9. The summed E-state index contributed by atoms with van der Waals surface area (Å²) in [5.74, 6) is -1.65. The Kier molecular flexibility index (Phi) is 9.39. The Morgan fingerprint density at radius 3 is 2.28 bits per heavy atom. The highest BCUT2D eigenvalue weighted by molar-refractivity contribution is 6.01. The van der Waals surface area contributed by atoms with Crippen LogP contribution in [0, 0.1) is 0 Å². The summed E-state index contributed by atoms with van der Waals surface area (Å²) in [6.07, 6.45) is 1.13. The molecule has 0 saturated heterocycles. The molecule has 0 bridgehead atoms. The van der Waals surface area contributed by atoms with Crippen molar-refractivity contribution in [1.29, 1.82) is 0 Å². The number of carbonyl (C=O) groups is 4. The van der Waals surface area contributed by atoms with Gasteiger partial charge in [-0.05, 0) is 47.6 Å². The number of hydrogen-bond acceptors (Lipinski definition) is 5. The number of amides is 3. The smallest absolute Gasteiger partial charge is 0.415 e. The molecule has 9 heteroatoms. The van der Waals surface area contributed by atoms with Gasteiger partial charge in [0.25, 0.3) is 0 Å². The maximum Gasteiger partial charge on any atom is 0.415 e. The van der Waals surface area contributed by atoms with Crippen molar-refractivity contribution < 1.29 is 29.0 Å². The van der Waals surface area contributed by atoms with E-state index in [4.69, 9.17) is 4.74 Å². The highest BCUT2D eigenvalue weighted by Gasteiger charge is 2.42. The van der Waals surface area contributed by atoms with E-state index in [0.29, 0.717) is 31.4 Å². The van der Waals surface area contributed by atoms with E-state index >= 15 is 0 Å². The standard InChI is InChI=1S/C34H37N3O6/c1-2-18-43-34(42)37-29-15-9-8-13-26(29)20-30(37)33(41)35(17-16-24-10-4-3-5-11-24)23-31(38)36-22-27-14-7-6-12-25(27)19-28(36)21-32(39)40/h3-15,28,30H,2,16-23H2,1H3,(H,39,40)/t28-,30-/m1/s1. The minimum absolute atomic E-state index is 0.187. The Labute approximate surface area is 251 Å². The number of carboxylic acid groups (broad SMARTS) is 1. The zero-order valence-electron chi connectivity index (χ0n) is 24.4. The van der Waals surface area contributed by atoms with Crippen LogP contribution >= 0.6 is 0 Å². The first-order valence-electron chi connectivity index (χ1n) is 14.8. The largest absolute Gasteiger partial charge is 0.481 e. The van der Waals surface area contributed by atoms with Crippen LogP contribution in [0.1, 0.15) is 42.0 Å². The van der Waals surface area contributed by atoms with Gasteiger partial charge in [-0.3, -0.25) is 19.3 Å². The molecule has 9 nitrogen and oxygen atoms in total. The van der Waals surface area contributed by atoms with Crippen molar-refractivity contribution in [3.8, 4) is 0 Å². The van der Waals surface area contributed by atoms with E-state index in [2.05, 4.69) is 0 Å². The molecule has 2 aliphatic heterocycles. The molecule has 2 atom stereocenters. The normalized spacial score (nSPS) is 17.1. The number of carbonyl (C=O) groups excluding carboxylic acids is 3. The number of benzene rings is 3. The van der Waals surface area contributed by atoms with E-state index in [0.717, 1.165) is 22.3 Å². The molecule has 0 spiro atoms. The van der Waals surface area contributed by atoms with Crippen molar-refractivity contribution in [2.75, 3.05) is 24.6 Å². The van der Waals surface area contributed by atoms with Gasteiger partial charge in [-0.1, -0.05) is 79.7 Å². The summed E-state index contributed by atoms with van der Waals surface area (Å²) in [4.78, 5) is 57.7. The van der Waals surface area contributed by atoms with Gasteiger partial charge in [0.05, 0.1) is 25.3 Å². The minimum atomic E-state index is -0.982. The number of anilines is 1. The Hall–Kier alpha value is -4.66. The van der Waals surface area contributed by atoms with Crippen LogP contribution in [0.15, 0.2) is 78.9 Å². The molecule has 3 aromatic carbocycles. The van der Waals surface area contributed by atoms with Crippen LogP contribution in [-0.2, 0) is 44.9 Å². The predicted molar refractivity (Wildman–Crippen MR) is 162 cm³/mol. The van der Waals surface area contributed by atoms with Gasteiger partial charge >= 0.3 is 12.1 Å². The molecule has 0 unspecified atom stereocenters. The molecule has 224 valence electrons. The van der Waals surface area contributed by atoms with E-state index in [1.807, 2.05) is 79.7 Å². The molecule has 0 saturated carbocycles. The third kappa shape index (κ3) is 6.88. The van der Waals surface area contributed by atoms with E-state index in [-0.39, 0.29) is 44.5 Å². The lowest BCUT2D eigenvalue weighted by Gasteiger charge is -2.38. The average Bonchev–Trinajstić information content (AvgIpc) is 3.41. The molecule has 3 amide bonds. The minimum Gasteiger partial charge on any atom is -0.481 e. The first kappa shape index (κ1) is 29.8. The number of hydrogen-bond donors (Lipinski definition) is 1. The van der Waals surface area contributed by atoms with Gasteiger partial charge in [0, 0.05) is 25.6 Å². The van der Waals surface area contributed by atoms with Crippen molar-refractivity contribution >= 4 is 29.6 Å². The monoisotopic (exact) mass is 583 g/mol. The maximum atomic E-state index is 14.3.